The number of aliphatic hydroxyl groups excluding tert-OH is 1. The molecule has 0 aliphatic carbocycles. The van der Waals surface area contributed by atoms with Crippen molar-refractivity contribution < 1.29 is 39.2 Å². The maximum Gasteiger partial charge on any atom is 0.326 e. The van der Waals surface area contributed by atoms with Crippen LogP contribution in [0.25, 0.3) is 10.9 Å². The molecule has 1 saturated heterocycles. The molecule has 2 amide bonds. The number of rotatable bonds is 16. The van der Waals surface area contributed by atoms with Crippen LogP contribution in [-0.2, 0) is 19.2 Å². The van der Waals surface area contributed by atoms with Crippen LogP contribution in [0.1, 0.15) is 66.7 Å². The molecule has 0 radical (unpaired) electrons. The number of hydrogen-bond acceptors (Lipinski definition) is 8. The molecular formula is C31H47N5O8. The Kier molecular flexibility index (Phi) is 12.0. The molecule has 4 atom stereocenters. The van der Waals surface area contributed by atoms with Crippen LogP contribution in [0.5, 0.6) is 5.75 Å². The molecule has 1 fully saturated rings. The Morgan fingerprint density at radius 2 is 1.91 bits per heavy atom. The van der Waals surface area contributed by atoms with E-state index in [0.29, 0.717) is 61.1 Å². The number of carbonyl (C=O) groups excluding carboxylic acids is 2. The fraction of sp³-hybridized carbons (Fsp3) is 0.613. The average molecular weight is 618 g/mol. The Balaban J connectivity index is 1.99. The molecule has 244 valence electrons. The highest BCUT2D eigenvalue weighted by atomic mass is 16.5. The number of carboxylic acid groups (broad SMARTS) is 2. The SMILES string of the molecule is CC(=O)NCCCC[C@@H](C(=O)O)N(c1c[nH]c2cccc(OCC(O)CNC(C)(C)C)c12)C(C)C(=O)N1CCC[C@H]1C(=O)O. The highest BCUT2D eigenvalue weighted by Gasteiger charge is 2.41. The van der Waals surface area contributed by atoms with Crippen LogP contribution in [-0.4, -0.2) is 105 Å². The van der Waals surface area contributed by atoms with Crippen molar-refractivity contribution in [2.24, 2.45) is 0 Å². The number of likely N-dealkylation sites (tertiary alicyclic amines) is 1. The summed E-state index contributed by atoms with van der Waals surface area (Å²) in [4.78, 5) is 55.9. The van der Waals surface area contributed by atoms with Gasteiger partial charge in [0, 0.05) is 38.3 Å². The number of aromatic nitrogens is 1. The van der Waals surface area contributed by atoms with Crippen molar-refractivity contribution in [1.29, 1.82) is 0 Å². The molecule has 44 heavy (non-hydrogen) atoms. The summed E-state index contributed by atoms with van der Waals surface area (Å²) < 4.78 is 6.06. The number of carboxylic acids is 2. The van der Waals surface area contributed by atoms with Gasteiger partial charge in [-0.1, -0.05) is 6.07 Å². The second kappa shape index (κ2) is 15.2. The number of aliphatic hydroxyl groups is 1. The molecule has 1 aliphatic rings. The minimum atomic E-state index is -1.15. The van der Waals surface area contributed by atoms with Crippen LogP contribution in [0.2, 0.25) is 0 Å². The summed E-state index contributed by atoms with van der Waals surface area (Å²) >= 11 is 0. The van der Waals surface area contributed by atoms with Crippen LogP contribution < -0.4 is 20.3 Å². The third-order valence-electron chi connectivity index (χ3n) is 7.72. The monoisotopic (exact) mass is 617 g/mol. The fourth-order valence-electron chi connectivity index (χ4n) is 5.53. The minimum absolute atomic E-state index is 0.0269. The number of nitrogens with one attached hydrogen (secondary N) is 3. The molecule has 3 rings (SSSR count). The number of fused-ring (bicyclic) bond motifs is 1. The maximum atomic E-state index is 13.9. The van der Waals surface area contributed by atoms with E-state index < -0.39 is 42.1 Å². The van der Waals surface area contributed by atoms with E-state index in [1.807, 2.05) is 20.8 Å². The Bertz CT molecular complexity index is 1310. The Hall–Kier alpha value is -3.84. The summed E-state index contributed by atoms with van der Waals surface area (Å²) in [5.74, 6) is -2.49. The van der Waals surface area contributed by atoms with E-state index in [1.54, 1.807) is 31.3 Å². The first-order chi connectivity index (χ1) is 20.7. The van der Waals surface area contributed by atoms with Crippen LogP contribution in [0.3, 0.4) is 0 Å². The first-order valence-corrected chi connectivity index (χ1v) is 15.2. The predicted molar refractivity (Wildman–Crippen MR) is 166 cm³/mol. The van der Waals surface area contributed by atoms with Gasteiger partial charge in [0.25, 0.3) is 0 Å². The summed E-state index contributed by atoms with van der Waals surface area (Å²) in [6, 6.07) is 2.15. The lowest BCUT2D eigenvalue weighted by Crippen LogP contribution is -2.55. The minimum Gasteiger partial charge on any atom is -0.490 e. The van der Waals surface area contributed by atoms with E-state index in [-0.39, 0.29) is 31.0 Å². The molecule has 0 spiro atoms. The van der Waals surface area contributed by atoms with E-state index in [2.05, 4.69) is 15.6 Å². The summed E-state index contributed by atoms with van der Waals surface area (Å²) in [6.45, 7) is 9.91. The van der Waals surface area contributed by atoms with Crippen LogP contribution in [0.15, 0.2) is 24.4 Å². The number of nitrogens with zero attached hydrogens (tertiary/aromatic N) is 2. The van der Waals surface area contributed by atoms with Crippen molar-refractivity contribution in [1.82, 2.24) is 20.5 Å². The lowest BCUT2D eigenvalue weighted by atomic mass is 10.0. The van der Waals surface area contributed by atoms with Crippen molar-refractivity contribution in [2.75, 3.05) is 31.1 Å². The first kappa shape index (κ1) is 34.6. The van der Waals surface area contributed by atoms with Gasteiger partial charge < -0.3 is 45.5 Å². The molecule has 0 saturated carbocycles. The van der Waals surface area contributed by atoms with Gasteiger partial charge in [-0.3, -0.25) is 9.59 Å². The molecular weight excluding hydrogens is 570 g/mol. The number of β-amino-alcohol motifs (C(OH)–C–C–N with tert-alkyl or cyclic N) is 1. The third-order valence-corrected chi connectivity index (χ3v) is 7.72. The van der Waals surface area contributed by atoms with E-state index in [0.717, 1.165) is 0 Å². The van der Waals surface area contributed by atoms with Gasteiger partial charge in [-0.2, -0.15) is 0 Å². The predicted octanol–water partition coefficient (Wildman–Crippen LogP) is 2.33. The smallest absolute Gasteiger partial charge is 0.326 e. The van der Waals surface area contributed by atoms with Crippen molar-refractivity contribution >= 4 is 40.3 Å². The normalized spacial score (nSPS) is 17.2. The molecule has 2 heterocycles. The van der Waals surface area contributed by atoms with E-state index in [1.165, 1.54) is 16.7 Å². The molecule has 2 aromatic rings. The van der Waals surface area contributed by atoms with Crippen molar-refractivity contribution in [2.45, 2.75) is 96.5 Å². The number of amides is 2. The van der Waals surface area contributed by atoms with Gasteiger partial charge in [-0.15, -0.1) is 0 Å². The quantitative estimate of drug-likeness (QED) is 0.153. The summed E-state index contributed by atoms with van der Waals surface area (Å²) in [5.41, 5.74) is 0.865. The van der Waals surface area contributed by atoms with Crippen LogP contribution >= 0.6 is 0 Å². The van der Waals surface area contributed by atoms with Crippen LogP contribution in [0, 0.1) is 0 Å². The number of carbonyl (C=O) groups is 4. The standard InChI is InChI=1S/C31H47N5O8/c1-19(28(39)35-15-9-12-23(35)29(40)41)36(24(30(42)43)11-6-7-14-32-20(2)37)25-17-33-22-10-8-13-26(27(22)25)44-18-21(38)16-34-31(3,4)5/h8,10,13,17,19,21,23-24,33-34,38H,6-7,9,11-12,14-16,18H2,1-5H3,(H,32,37)(H,40,41)(H,42,43)/t19?,21?,23-,24-/m0/s1. The first-order valence-electron chi connectivity index (χ1n) is 15.2. The zero-order valence-corrected chi connectivity index (χ0v) is 26.3. The summed E-state index contributed by atoms with van der Waals surface area (Å²) in [6.07, 6.45) is 2.84. The number of aliphatic carboxylic acids is 2. The molecule has 1 aromatic heterocycles. The van der Waals surface area contributed by atoms with Gasteiger partial charge in [-0.25, -0.2) is 9.59 Å². The van der Waals surface area contributed by atoms with Gasteiger partial charge in [0.1, 0.15) is 36.6 Å². The average Bonchev–Trinajstić information content (AvgIpc) is 3.61. The molecule has 2 unspecified atom stereocenters. The van der Waals surface area contributed by atoms with Gasteiger partial charge in [0.05, 0.1) is 16.6 Å². The van der Waals surface area contributed by atoms with E-state index in [4.69, 9.17) is 4.74 Å². The fourth-order valence-corrected chi connectivity index (χ4v) is 5.53. The number of hydrogen-bond donors (Lipinski definition) is 6. The number of anilines is 1. The molecule has 6 N–H and O–H groups in total. The molecule has 13 nitrogen and oxygen atoms in total. The topological polar surface area (TPSA) is 185 Å². The molecule has 0 bridgehead atoms. The lowest BCUT2D eigenvalue weighted by Gasteiger charge is -2.37. The molecule has 13 heteroatoms. The summed E-state index contributed by atoms with van der Waals surface area (Å²) in [7, 11) is 0. The maximum absolute atomic E-state index is 13.9. The number of ether oxygens (including phenoxy) is 1. The molecule has 1 aromatic carbocycles. The second-order valence-electron chi connectivity index (χ2n) is 12.4. The third kappa shape index (κ3) is 9.08. The van der Waals surface area contributed by atoms with Gasteiger partial charge >= 0.3 is 11.9 Å². The largest absolute Gasteiger partial charge is 0.490 e. The van der Waals surface area contributed by atoms with Gasteiger partial charge in [-0.05, 0) is 71.9 Å². The number of aromatic amines is 1. The van der Waals surface area contributed by atoms with Crippen molar-refractivity contribution in [3.8, 4) is 5.75 Å². The van der Waals surface area contributed by atoms with Gasteiger partial charge in [0.15, 0.2) is 0 Å². The Morgan fingerprint density at radius 3 is 2.55 bits per heavy atom. The zero-order chi connectivity index (χ0) is 32.6. The number of unbranched alkanes of at least 4 members (excludes halogenated alkanes) is 1. The van der Waals surface area contributed by atoms with Crippen molar-refractivity contribution in [3.05, 3.63) is 24.4 Å². The van der Waals surface area contributed by atoms with E-state index >= 15 is 0 Å². The lowest BCUT2D eigenvalue weighted by molar-refractivity contribution is -0.149. The second-order valence-corrected chi connectivity index (χ2v) is 12.4. The highest BCUT2D eigenvalue weighted by molar-refractivity contribution is 6.01. The summed E-state index contributed by atoms with van der Waals surface area (Å²) in [5, 5.41) is 37.2. The van der Waals surface area contributed by atoms with Gasteiger partial charge in [0.2, 0.25) is 11.8 Å². The molecule has 1 aliphatic heterocycles. The number of benzene rings is 1. The number of H-pyrrole nitrogens is 1. The van der Waals surface area contributed by atoms with Crippen molar-refractivity contribution in [3.63, 3.8) is 0 Å². The van der Waals surface area contributed by atoms with E-state index in [9.17, 15) is 34.5 Å². The Labute approximate surface area is 257 Å². The van der Waals surface area contributed by atoms with Crippen LogP contribution in [0.4, 0.5) is 5.69 Å². The highest BCUT2D eigenvalue weighted by Crippen LogP contribution is 2.38. The zero-order valence-electron chi connectivity index (χ0n) is 26.3. The Morgan fingerprint density at radius 1 is 1.18 bits per heavy atom.